The third-order valence-electron chi connectivity index (χ3n) is 4.08. The lowest BCUT2D eigenvalue weighted by molar-refractivity contribution is -0.139. The molecule has 5 heteroatoms. The van der Waals surface area contributed by atoms with Gasteiger partial charge in [0, 0.05) is 32.6 Å². The van der Waals surface area contributed by atoms with E-state index in [0.29, 0.717) is 25.4 Å². The molecule has 0 bridgehead atoms. The van der Waals surface area contributed by atoms with Crippen molar-refractivity contribution in [1.82, 2.24) is 9.80 Å². The Morgan fingerprint density at radius 3 is 2.70 bits per heavy atom. The summed E-state index contributed by atoms with van der Waals surface area (Å²) in [4.78, 5) is 27.4. The van der Waals surface area contributed by atoms with Crippen molar-refractivity contribution >= 4 is 11.8 Å². The predicted octanol–water partition coefficient (Wildman–Crippen LogP) is 1.22. The Morgan fingerprint density at radius 1 is 1.35 bits per heavy atom. The number of amides is 2. The zero-order valence-corrected chi connectivity index (χ0v) is 13.1. The van der Waals surface area contributed by atoms with Gasteiger partial charge in [-0.05, 0) is 25.2 Å². The highest BCUT2D eigenvalue weighted by Crippen LogP contribution is 2.11. The minimum absolute atomic E-state index is 0.0104. The van der Waals surface area contributed by atoms with Gasteiger partial charge in [-0.1, -0.05) is 20.3 Å². The molecule has 0 saturated carbocycles. The van der Waals surface area contributed by atoms with Crippen LogP contribution in [0, 0.1) is 5.92 Å². The third kappa shape index (κ3) is 5.49. The maximum absolute atomic E-state index is 12.1. The molecule has 0 aromatic heterocycles. The van der Waals surface area contributed by atoms with Crippen LogP contribution in [0.25, 0.3) is 0 Å². The van der Waals surface area contributed by atoms with E-state index in [1.807, 2.05) is 0 Å². The zero-order valence-electron chi connectivity index (χ0n) is 13.1. The second kappa shape index (κ2) is 8.25. The van der Waals surface area contributed by atoms with E-state index in [9.17, 15) is 9.59 Å². The molecular formula is C15H29N3O2. The molecule has 5 nitrogen and oxygen atoms in total. The first-order valence-corrected chi connectivity index (χ1v) is 7.69. The first kappa shape index (κ1) is 17.0. The Bertz CT molecular complexity index is 331. The molecule has 116 valence electrons. The van der Waals surface area contributed by atoms with Gasteiger partial charge in [0.1, 0.15) is 0 Å². The Morgan fingerprint density at radius 2 is 2.05 bits per heavy atom. The summed E-state index contributed by atoms with van der Waals surface area (Å²) in [6.07, 6.45) is 4.40. The number of likely N-dealkylation sites (tertiary alicyclic amines) is 1. The molecule has 1 rings (SSSR count). The van der Waals surface area contributed by atoms with Crippen LogP contribution in [0.5, 0.6) is 0 Å². The molecule has 1 unspecified atom stereocenters. The Kier molecular flexibility index (Phi) is 6.99. The molecule has 0 radical (unpaired) electrons. The smallest absolute Gasteiger partial charge is 0.241 e. The number of carbonyl (C=O) groups excluding carboxylic acids is 2. The highest BCUT2D eigenvalue weighted by atomic mass is 16.2. The van der Waals surface area contributed by atoms with Crippen LogP contribution < -0.4 is 5.73 Å². The van der Waals surface area contributed by atoms with Gasteiger partial charge in [0.15, 0.2) is 0 Å². The van der Waals surface area contributed by atoms with E-state index in [2.05, 4.69) is 13.8 Å². The Balaban J connectivity index is 2.38. The third-order valence-corrected chi connectivity index (χ3v) is 4.08. The molecule has 0 aromatic rings. The number of nitrogens with two attached hydrogens (primary N) is 1. The van der Waals surface area contributed by atoms with Crippen LogP contribution in [0.2, 0.25) is 0 Å². The molecular weight excluding hydrogens is 254 g/mol. The van der Waals surface area contributed by atoms with Crippen molar-refractivity contribution in [2.75, 3.05) is 26.7 Å². The Hall–Kier alpha value is -1.10. The molecule has 2 amide bonds. The van der Waals surface area contributed by atoms with Gasteiger partial charge >= 0.3 is 0 Å². The van der Waals surface area contributed by atoms with Crippen molar-refractivity contribution < 1.29 is 9.59 Å². The number of nitrogens with zero attached hydrogens (tertiary/aromatic N) is 2. The number of rotatable bonds is 6. The predicted molar refractivity (Wildman–Crippen MR) is 80.1 cm³/mol. The van der Waals surface area contributed by atoms with E-state index in [1.165, 1.54) is 0 Å². The molecule has 0 aromatic carbocycles. The summed E-state index contributed by atoms with van der Waals surface area (Å²) in [5, 5.41) is 0. The monoisotopic (exact) mass is 283 g/mol. The number of hydrogen-bond acceptors (Lipinski definition) is 3. The van der Waals surface area contributed by atoms with Gasteiger partial charge in [-0.3, -0.25) is 9.59 Å². The lowest BCUT2D eigenvalue weighted by Crippen LogP contribution is -2.42. The fourth-order valence-corrected chi connectivity index (χ4v) is 2.29. The van der Waals surface area contributed by atoms with Gasteiger partial charge < -0.3 is 15.5 Å². The fourth-order valence-electron chi connectivity index (χ4n) is 2.29. The lowest BCUT2D eigenvalue weighted by Gasteiger charge is -2.25. The molecule has 1 aliphatic heterocycles. The van der Waals surface area contributed by atoms with Crippen LogP contribution in [0.3, 0.4) is 0 Å². The number of likely N-dealkylation sites (N-methyl/N-ethyl adjacent to an activating group) is 1. The summed E-state index contributed by atoms with van der Waals surface area (Å²) < 4.78 is 0. The van der Waals surface area contributed by atoms with Crippen LogP contribution >= 0.6 is 0 Å². The summed E-state index contributed by atoms with van der Waals surface area (Å²) >= 11 is 0. The molecule has 1 aliphatic rings. The highest BCUT2D eigenvalue weighted by molar-refractivity contribution is 5.84. The van der Waals surface area contributed by atoms with Crippen molar-refractivity contribution in [2.45, 2.75) is 52.0 Å². The Labute approximate surface area is 122 Å². The van der Waals surface area contributed by atoms with Crippen molar-refractivity contribution in [3.63, 3.8) is 0 Å². The zero-order chi connectivity index (χ0) is 15.1. The van der Waals surface area contributed by atoms with E-state index in [-0.39, 0.29) is 24.4 Å². The summed E-state index contributed by atoms with van der Waals surface area (Å²) in [5.74, 6) is 0.546. The lowest BCUT2D eigenvalue weighted by atomic mass is 10.0. The quantitative estimate of drug-likeness (QED) is 0.797. The summed E-state index contributed by atoms with van der Waals surface area (Å²) in [6.45, 7) is 5.75. The van der Waals surface area contributed by atoms with Gasteiger partial charge in [0.05, 0.1) is 6.54 Å². The largest absolute Gasteiger partial charge is 0.344 e. The second-order valence-corrected chi connectivity index (χ2v) is 6.14. The van der Waals surface area contributed by atoms with Gasteiger partial charge in [0.2, 0.25) is 11.8 Å². The van der Waals surface area contributed by atoms with Crippen LogP contribution in [0.1, 0.15) is 46.0 Å². The van der Waals surface area contributed by atoms with Crippen LogP contribution in [0.15, 0.2) is 0 Å². The maximum Gasteiger partial charge on any atom is 0.241 e. The van der Waals surface area contributed by atoms with Crippen LogP contribution in [0.4, 0.5) is 0 Å². The molecule has 0 spiro atoms. The van der Waals surface area contributed by atoms with E-state index < -0.39 is 0 Å². The molecule has 1 atom stereocenters. The van der Waals surface area contributed by atoms with E-state index >= 15 is 0 Å². The SMILES string of the molecule is CC(C)C(N)CCN(C)C(=O)CN1CCCCCC1=O. The van der Waals surface area contributed by atoms with Gasteiger partial charge in [-0.2, -0.15) is 0 Å². The van der Waals surface area contributed by atoms with E-state index in [4.69, 9.17) is 5.73 Å². The van der Waals surface area contributed by atoms with Crippen molar-refractivity contribution in [3.05, 3.63) is 0 Å². The minimum Gasteiger partial charge on any atom is -0.344 e. The van der Waals surface area contributed by atoms with Crippen molar-refractivity contribution in [3.8, 4) is 0 Å². The first-order valence-electron chi connectivity index (χ1n) is 7.69. The van der Waals surface area contributed by atoms with Crippen LogP contribution in [-0.4, -0.2) is 54.3 Å². The van der Waals surface area contributed by atoms with E-state index in [1.54, 1.807) is 16.8 Å². The molecule has 1 heterocycles. The molecule has 20 heavy (non-hydrogen) atoms. The van der Waals surface area contributed by atoms with Gasteiger partial charge in [-0.15, -0.1) is 0 Å². The van der Waals surface area contributed by atoms with Crippen LogP contribution in [-0.2, 0) is 9.59 Å². The van der Waals surface area contributed by atoms with Crippen molar-refractivity contribution in [2.24, 2.45) is 11.7 Å². The number of hydrogen-bond donors (Lipinski definition) is 1. The first-order chi connectivity index (χ1) is 9.41. The summed E-state index contributed by atoms with van der Waals surface area (Å²) in [5.41, 5.74) is 5.99. The molecule has 1 saturated heterocycles. The second-order valence-electron chi connectivity index (χ2n) is 6.14. The highest BCUT2D eigenvalue weighted by Gasteiger charge is 2.21. The fraction of sp³-hybridized carbons (Fsp3) is 0.867. The standard InChI is InChI=1S/C15H29N3O2/c1-12(2)13(16)8-10-17(3)15(20)11-18-9-6-4-5-7-14(18)19/h12-13H,4-11,16H2,1-3H3. The van der Waals surface area contributed by atoms with Crippen molar-refractivity contribution in [1.29, 1.82) is 0 Å². The molecule has 1 fully saturated rings. The molecule has 2 N–H and O–H groups in total. The number of carbonyl (C=O) groups is 2. The topological polar surface area (TPSA) is 66.6 Å². The maximum atomic E-state index is 12.1. The molecule has 0 aliphatic carbocycles. The summed E-state index contributed by atoms with van der Waals surface area (Å²) in [7, 11) is 1.79. The average Bonchev–Trinajstić information content (AvgIpc) is 2.60. The van der Waals surface area contributed by atoms with Gasteiger partial charge in [0.25, 0.3) is 0 Å². The summed E-state index contributed by atoms with van der Waals surface area (Å²) in [6, 6.07) is 0.116. The average molecular weight is 283 g/mol. The van der Waals surface area contributed by atoms with Gasteiger partial charge in [-0.25, -0.2) is 0 Å². The van der Waals surface area contributed by atoms with E-state index in [0.717, 1.165) is 25.7 Å². The normalized spacial score (nSPS) is 18.1. The minimum atomic E-state index is 0.0104.